The molecule has 11 nitrogen and oxygen atoms in total. The van der Waals surface area contributed by atoms with Crippen LogP contribution in [0.4, 0.5) is 5.69 Å². The Labute approximate surface area is 190 Å². The van der Waals surface area contributed by atoms with Crippen molar-refractivity contribution < 1.29 is 32.4 Å². The van der Waals surface area contributed by atoms with Crippen molar-refractivity contribution in [2.45, 2.75) is 24.3 Å². The average molecular weight is 477 g/mol. The van der Waals surface area contributed by atoms with Crippen LogP contribution in [0.1, 0.15) is 28.8 Å². The maximum absolute atomic E-state index is 12.7. The summed E-state index contributed by atoms with van der Waals surface area (Å²) in [4.78, 5) is 34.1. The van der Waals surface area contributed by atoms with Gasteiger partial charge < -0.3 is 14.8 Å². The normalized spacial score (nSPS) is 14.0. The number of nitrogens with zero attached hydrogens (tertiary/aromatic N) is 2. The van der Waals surface area contributed by atoms with Gasteiger partial charge in [0, 0.05) is 25.7 Å². The number of rotatable bonds is 9. The maximum atomic E-state index is 12.7. The van der Waals surface area contributed by atoms with E-state index in [1.54, 1.807) is 24.3 Å². The van der Waals surface area contributed by atoms with E-state index in [4.69, 9.17) is 4.74 Å². The van der Waals surface area contributed by atoms with Gasteiger partial charge >= 0.3 is 11.7 Å². The summed E-state index contributed by atoms with van der Waals surface area (Å²) < 4.78 is 36.5. The first kappa shape index (κ1) is 24.1. The SMILES string of the molecule is COC(=O)c1ccc(CNC(=O)COc2ccc(S(=O)(=O)N3CCCC3)cc2[N+](=O)[O-])cc1. The van der Waals surface area contributed by atoms with E-state index < -0.39 is 39.1 Å². The number of hydrogen-bond donors (Lipinski definition) is 1. The number of methoxy groups -OCH3 is 1. The lowest BCUT2D eigenvalue weighted by Gasteiger charge is -2.16. The molecule has 1 N–H and O–H groups in total. The van der Waals surface area contributed by atoms with Crippen LogP contribution < -0.4 is 10.1 Å². The zero-order valence-electron chi connectivity index (χ0n) is 17.9. The Morgan fingerprint density at radius 2 is 1.79 bits per heavy atom. The summed E-state index contributed by atoms with van der Waals surface area (Å²) in [5.74, 6) is -1.21. The number of nitro groups is 1. The van der Waals surface area contributed by atoms with Gasteiger partial charge in [-0.3, -0.25) is 14.9 Å². The third-order valence-corrected chi connectivity index (χ3v) is 6.95. The largest absolute Gasteiger partial charge is 0.477 e. The fraction of sp³-hybridized carbons (Fsp3) is 0.333. The van der Waals surface area contributed by atoms with E-state index >= 15 is 0 Å². The van der Waals surface area contributed by atoms with Crippen molar-refractivity contribution in [1.82, 2.24) is 9.62 Å². The molecule has 0 aromatic heterocycles. The number of hydrogen-bond acceptors (Lipinski definition) is 8. The molecule has 0 bridgehead atoms. The number of benzene rings is 2. The summed E-state index contributed by atoms with van der Waals surface area (Å²) in [7, 11) is -2.55. The molecule has 33 heavy (non-hydrogen) atoms. The molecule has 1 fully saturated rings. The van der Waals surface area contributed by atoms with Gasteiger partial charge in [0.2, 0.25) is 10.0 Å². The van der Waals surface area contributed by atoms with Gasteiger partial charge in [0.05, 0.1) is 22.5 Å². The van der Waals surface area contributed by atoms with Gasteiger partial charge in [0.1, 0.15) is 0 Å². The van der Waals surface area contributed by atoms with Crippen molar-refractivity contribution in [3.05, 3.63) is 63.7 Å². The summed E-state index contributed by atoms with van der Waals surface area (Å²) in [5.41, 5.74) is 0.554. The smallest absolute Gasteiger partial charge is 0.337 e. The molecule has 1 saturated heterocycles. The second-order valence-electron chi connectivity index (χ2n) is 7.25. The number of carbonyl (C=O) groups is 2. The Morgan fingerprint density at radius 3 is 2.39 bits per heavy atom. The highest BCUT2D eigenvalue weighted by Crippen LogP contribution is 2.31. The molecular weight excluding hydrogens is 454 g/mol. The van der Waals surface area contributed by atoms with Crippen molar-refractivity contribution in [2.75, 3.05) is 26.8 Å². The third kappa shape index (κ3) is 5.84. The monoisotopic (exact) mass is 477 g/mol. The molecule has 0 atom stereocenters. The molecule has 0 saturated carbocycles. The number of amides is 1. The van der Waals surface area contributed by atoms with E-state index in [9.17, 15) is 28.1 Å². The van der Waals surface area contributed by atoms with Gasteiger partial charge in [-0.1, -0.05) is 12.1 Å². The van der Waals surface area contributed by atoms with Gasteiger partial charge in [-0.15, -0.1) is 0 Å². The van der Waals surface area contributed by atoms with Crippen LogP contribution in [0, 0.1) is 10.1 Å². The minimum Gasteiger partial charge on any atom is -0.477 e. The summed E-state index contributed by atoms with van der Waals surface area (Å²) in [6.07, 6.45) is 1.49. The second kappa shape index (κ2) is 10.4. The number of ether oxygens (including phenoxy) is 2. The molecule has 2 aromatic rings. The van der Waals surface area contributed by atoms with Gasteiger partial charge in [-0.25, -0.2) is 13.2 Å². The average Bonchev–Trinajstić information content (AvgIpc) is 3.37. The van der Waals surface area contributed by atoms with Crippen LogP contribution in [0.15, 0.2) is 47.4 Å². The van der Waals surface area contributed by atoms with E-state index in [0.29, 0.717) is 18.7 Å². The first-order valence-corrected chi connectivity index (χ1v) is 11.5. The van der Waals surface area contributed by atoms with Crippen LogP contribution in [-0.4, -0.2) is 56.3 Å². The van der Waals surface area contributed by atoms with Crippen LogP contribution in [0.3, 0.4) is 0 Å². The molecule has 1 heterocycles. The van der Waals surface area contributed by atoms with Crippen LogP contribution in [0.25, 0.3) is 0 Å². The first-order valence-electron chi connectivity index (χ1n) is 10.1. The van der Waals surface area contributed by atoms with E-state index in [2.05, 4.69) is 10.1 Å². The molecule has 176 valence electrons. The molecule has 1 aliphatic rings. The number of esters is 1. The quantitative estimate of drug-likeness (QED) is 0.327. The maximum Gasteiger partial charge on any atom is 0.337 e. The first-order chi connectivity index (χ1) is 15.7. The molecule has 1 amide bonds. The van der Waals surface area contributed by atoms with Crippen molar-refractivity contribution in [3.63, 3.8) is 0 Å². The summed E-state index contributed by atoms with van der Waals surface area (Å²) in [5, 5.41) is 14.1. The van der Waals surface area contributed by atoms with E-state index in [1.807, 2.05) is 0 Å². The van der Waals surface area contributed by atoms with Crippen molar-refractivity contribution in [3.8, 4) is 5.75 Å². The highest BCUT2D eigenvalue weighted by atomic mass is 32.2. The van der Waals surface area contributed by atoms with Crippen LogP contribution in [-0.2, 0) is 26.1 Å². The highest BCUT2D eigenvalue weighted by Gasteiger charge is 2.30. The highest BCUT2D eigenvalue weighted by molar-refractivity contribution is 7.89. The lowest BCUT2D eigenvalue weighted by molar-refractivity contribution is -0.386. The molecule has 3 rings (SSSR count). The molecule has 2 aromatic carbocycles. The zero-order valence-corrected chi connectivity index (χ0v) is 18.7. The van der Waals surface area contributed by atoms with Gasteiger partial charge in [0.25, 0.3) is 5.91 Å². The predicted molar refractivity (Wildman–Crippen MR) is 116 cm³/mol. The van der Waals surface area contributed by atoms with Gasteiger partial charge in [-0.05, 0) is 42.7 Å². The number of sulfonamides is 1. The van der Waals surface area contributed by atoms with Gasteiger partial charge in [0.15, 0.2) is 12.4 Å². The van der Waals surface area contributed by atoms with E-state index in [0.717, 1.165) is 24.5 Å². The van der Waals surface area contributed by atoms with Crippen molar-refractivity contribution in [2.24, 2.45) is 0 Å². The van der Waals surface area contributed by atoms with Gasteiger partial charge in [-0.2, -0.15) is 4.31 Å². The third-order valence-electron chi connectivity index (χ3n) is 5.05. The molecule has 12 heteroatoms. The molecule has 0 aliphatic carbocycles. The van der Waals surface area contributed by atoms with Crippen LogP contribution in [0.5, 0.6) is 5.75 Å². The zero-order chi connectivity index (χ0) is 24.0. The summed E-state index contributed by atoms with van der Waals surface area (Å²) >= 11 is 0. The lowest BCUT2D eigenvalue weighted by Crippen LogP contribution is -2.29. The molecule has 1 aliphatic heterocycles. The number of nitro benzene ring substituents is 1. The van der Waals surface area contributed by atoms with Crippen LogP contribution >= 0.6 is 0 Å². The van der Waals surface area contributed by atoms with E-state index in [1.165, 1.54) is 23.5 Å². The second-order valence-corrected chi connectivity index (χ2v) is 9.19. The van der Waals surface area contributed by atoms with Crippen molar-refractivity contribution >= 4 is 27.6 Å². The molecule has 0 radical (unpaired) electrons. The van der Waals surface area contributed by atoms with Crippen molar-refractivity contribution in [1.29, 1.82) is 0 Å². The number of carbonyl (C=O) groups excluding carboxylic acids is 2. The lowest BCUT2D eigenvalue weighted by atomic mass is 10.1. The Morgan fingerprint density at radius 1 is 1.12 bits per heavy atom. The fourth-order valence-corrected chi connectivity index (χ4v) is 4.81. The molecular formula is C21H23N3O8S. The summed E-state index contributed by atoms with van der Waals surface area (Å²) in [6.45, 7) is 0.401. The Balaban J connectivity index is 1.61. The number of nitrogens with one attached hydrogen (secondary N) is 1. The Hall–Kier alpha value is -3.51. The topological polar surface area (TPSA) is 145 Å². The van der Waals surface area contributed by atoms with Crippen LogP contribution in [0.2, 0.25) is 0 Å². The summed E-state index contributed by atoms with van der Waals surface area (Å²) in [6, 6.07) is 9.78. The van der Waals surface area contributed by atoms with E-state index in [-0.39, 0.29) is 17.2 Å². The Kier molecular flexibility index (Phi) is 7.61. The molecule has 0 spiro atoms. The fourth-order valence-electron chi connectivity index (χ4n) is 3.27. The molecule has 0 unspecified atom stereocenters. The standard InChI is InChI=1S/C21H23N3O8S/c1-31-21(26)16-6-4-15(5-7-16)13-22-20(25)14-32-19-9-8-17(12-18(19)24(27)28)33(29,30)23-10-2-3-11-23/h4-9,12H,2-3,10-11,13-14H2,1H3,(H,22,25). The minimum atomic E-state index is -3.83. The predicted octanol–water partition coefficient (Wildman–Crippen LogP) is 1.86. The minimum absolute atomic E-state index is 0.152. The Bertz CT molecular complexity index is 1140.